The SMILES string of the molecule is CC(C)Oc1cccc(C2CCCC2CN)c1. The predicted molar refractivity (Wildman–Crippen MR) is 71.3 cm³/mol. The maximum atomic E-state index is 5.85. The van der Waals surface area contributed by atoms with Crippen LogP contribution in [-0.2, 0) is 0 Å². The first kappa shape index (κ1) is 12.4. The minimum Gasteiger partial charge on any atom is -0.491 e. The molecule has 2 unspecified atom stereocenters. The van der Waals surface area contributed by atoms with Crippen LogP contribution >= 0.6 is 0 Å². The van der Waals surface area contributed by atoms with Gasteiger partial charge in [0.15, 0.2) is 0 Å². The van der Waals surface area contributed by atoms with E-state index >= 15 is 0 Å². The van der Waals surface area contributed by atoms with Crippen molar-refractivity contribution in [2.45, 2.75) is 45.1 Å². The van der Waals surface area contributed by atoms with Gasteiger partial charge < -0.3 is 10.5 Å². The molecule has 2 heteroatoms. The molecule has 2 atom stereocenters. The normalized spacial score (nSPS) is 24.2. The van der Waals surface area contributed by atoms with E-state index in [1.807, 2.05) is 6.07 Å². The molecule has 1 fully saturated rings. The Labute approximate surface area is 104 Å². The van der Waals surface area contributed by atoms with Gasteiger partial charge in [0, 0.05) is 0 Å². The lowest BCUT2D eigenvalue weighted by atomic mass is 9.89. The van der Waals surface area contributed by atoms with E-state index in [-0.39, 0.29) is 6.10 Å². The predicted octanol–water partition coefficient (Wildman–Crippen LogP) is 3.32. The molecule has 1 aromatic carbocycles. The van der Waals surface area contributed by atoms with Crippen LogP contribution in [0.2, 0.25) is 0 Å². The second-order valence-corrected chi connectivity index (χ2v) is 5.27. The number of hydrogen-bond donors (Lipinski definition) is 1. The van der Waals surface area contributed by atoms with Crippen LogP contribution in [0.1, 0.15) is 44.6 Å². The summed E-state index contributed by atoms with van der Waals surface area (Å²) in [5, 5.41) is 0. The molecule has 1 aromatic rings. The molecule has 0 saturated heterocycles. The molecule has 17 heavy (non-hydrogen) atoms. The summed E-state index contributed by atoms with van der Waals surface area (Å²) >= 11 is 0. The maximum Gasteiger partial charge on any atom is 0.119 e. The smallest absolute Gasteiger partial charge is 0.119 e. The fourth-order valence-electron chi connectivity index (χ4n) is 2.85. The zero-order chi connectivity index (χ0) is 12.3. The van der Waals surface area contributed by atoms with Crippen LogP contribution in [0.15, 0.2) is 24.3 Å². The monoisotopic (exact) mass is 233 g/mol. The topological polar surface area (TPSA) is 35.2 Å². The van der Waals surface area contributed by atoms with Crippen molar-refractivity contribution in [1.29, 1.82) is 0 Å². The fourth-order valence-corrected chi connectivity index (χ4v) is 2.85. The number of ether oxygens (including phenoxy) is 1. The molecule has 0 aliphatic heterocycles. The Balaban J connectivity index is 2.15. The van der Waals surface area contributed by atoms with Crippen molar-refractivity contribution in [2.75, 3.05) is 6.54 Å². The molecular formula is C15H23NO. The lowest BCUT2D eigenvalue weighted by molar-refractivity contribution is 0.242. The lowest BCUT2D eigenvalue weighted by Crippen LogP contribution is -2.17. The zero-order valence-corrected chi connectivity index (χ0v) is 10.9. The Morgan fingerprint density at radius 2 is 2.18 bits per heavy atom. The third kappa shape index (κ3) is 3.01. The lowest BCUT2D eigenvalue weighted by Gasteiger charge is -2.19. The summed E-state index contributed by atoms with van der Waals surface area (Å²) < 4.78 is 5.75. The molecule has 0 amide bonds. The highest BCUT2D eigenvalue weighted by atomic mass is 16.5. The van der Waals surface area contributed by atoms with Gasteiger partial charge in [-0.1, -0.05) is 18.6 Å². The Hall–Kier alpha value is -1.02. The van der Waals surface area contributed by atoms with Gasteiger partial charge in [-0.2, -0.15) is 0 Å². The van der Waals surface area contributed by atoms with E-state index in [0.717, 1.165) is 12.3 Å². The summed E-state index contributed by atoms with van der Waals surface area (Å²) in [7, 11) is 0. The van der Waals surface area contributed by atoms with Gasteiger partial charge in [0.2, 0.25) is 0 Å². The second kappa shape index (κ2) is 5.54. The van der Waals surface area contributed by atoms with Crippen LogP contribution in [0.4, 0.5) is 0 Å². The highest BCUT2D eigenvalue weighted by molar-refractivity contribution is 5.32. The molecule has 0 spiro atoms. The standard InChI is InChI=1S/C15H23NO/c1-11(2)17-14-7-3-5-12(9-14)15-8-4-6-13(15)10-16/h3,5,7,9,11,13,15H,4,6,8,10,16H2,1-2H3. The molecule has 0 radical (unpaired) electrons. The molecule has 2 rings (SSSR count). The first-order valence-electron chi connectivity index (χ1n) is 6.67. The van der Waals surface area contributed by atoms with Gasteiger partial charge >= 0.3 is 0 Å². The van der Waals surface area contributed by atoms with Crippen LogP contribution in [0.25, 0.3) is 0 Å². The molecule has 0 aromatic heterocycles. The molecule has 2 nitrogen and oxygen atoms in total. The fraction of sp³-hybridized carbons (Fsp3) is 0.600. The Kier molecular flexibility index (Phi) is 4.06. The zero-order valence-electron chi connectivity index (χ0n) is 10.9. The molecular weight excluding hydrogens is 210 g/mol. The summed E-state index contributed by atoms with van der Waals surface area (Å²) in [6.45, 7) is 4.93. The number of hydrogen-bond acceptors (Lipinski definition) is 2. The van der Waals surface area contributed by atoms with E-state index in [4.69, 9.17) is 10.5 Å². The minimum atomic E-state index is 0.235. The van der Waals surface area contributed by atoms with E-state index in [1.54, 1.807) is 0 Å². The highest BCUT2D eigenvalue weighted by Crippen LogP contribution is 2.39. The van der Waals surface area contributed by atoms with Crippen molar-refractivity contribution in [2.24, 2.45) is 11.7 Å². The first-order chi connectivity index (χ1) is 8.20. The number of benzene rings is 1. The third-order valence-electron chi connectivity index (χ3n) is 3.62. The van der Waals surface area contributed by atoms with Crippen LogP contribution in [-0.4, -0.2) is 12.6 Å². The van der Waals surface area contributed by atoms with Gasteiger partial charge in [0.25, 0.3) is 0 Å². The molecule has 0 heterocycles. The Bertz CT molecular complexity index is 362. The number of rotatable bonds is 4. The van der Waals surface area contributed by atoms with E-state index in [0.29, 0.717) is 11.8 Å². The van der Waals surface area contributed by atoms with Crippen molar-refractivity contribution in [3.8, 4) is 5.75 Å². The van der Waals surface area contributed by atoms with E-state index in [1.165, 1.54) is 24.8 Å². The summed E-state index contributed by atoms with van der Waals surface area (Å²) in [6.07, 6.45) is 4.09. The first-order valence-corrected chi connectivity index (χ1v) is 6.67. The quantitative estimate of drug-likeness (QED) is 0.866. The van der Waals surface area contributed by atoms with Crippen LogP contribution in [0.5, 0.6) is 5.75 Å². The van der Waals surface area contributed by atoms with Crippen LogP contribution in [0, 0.1) is 5.92 Å². The van der Waals surface area contributed by atoms with E-state index < -0.39 is 0 Å². The van der Waals surface area contributed by atoms with Crippen LogP contribution in [0.3, 0.4) is 0 Å². The van der Waals surface area contributed by atoms with Gasteiger partial charge in [-0.05, 0) is 62.8 Å². The summed E-state index contributed by atoms with van der Waals surface area (Å²) in [5.74, 6) is 2.28. The van der Waals surface area contributed by atoms with Gasteiger partial charge in [-0.25, -0.2) is 0 Å². The Morgan fingerprint density at radius 3 is 2.88 bits per heavy atom. The summed E-state index contributed by atoms with van der Waals surface area (Å²) in [6, 6.07) is 8.54. The van der Waals surface area contributed by atoms with Crippen molar-refractivity contribution in [1.82, 2.24) is 0 Å². The maximum absolute atomic E-state index is 5.85. The van der Waals surface area contributed by atoms with Crippen molar-refractivity contribution in [3.05, 3.63) is 29.8 Å². The van der Waals surface area contributed by atoms with Gasteiger partial charge in [-0.15, -0.1) is 0 Å². The summed E-state index contributed by atoms with van der Waals surface area (Å²) in [5.41, 5.74) is 7.25. The van der Waals surface area contributed by atoms with E-state index in [9.17, 15) is 0 Å². The van der Waals surface area contributed by atoms with Gasteiger partial charge in [-0.3, -0.25) is 0 Å². The number of nitrogens with two attached hydrogens (primary N) is 1. The van der Waals surface area contributed by atoms with Gasteiger partial charge in [0.05, 0.1) is 6.10 Å². The summed E-state index contributed by atoms with van der Waals surface area (Å²) in [4.78, 5) is 0. The molecule has 94 valence electrons. The largest absolute Gasteiger partial charge is 0.491 e. The molecule has 1 saturated carbocycles. The Morgan fingerprint density at radius 1 is 1.35 bits per heavy atom. The molecule has 1 aliphatic rings. The van der Waals surface area contributed by atoms with Crippen molar-refractivity contribution >= 4 is 0 Å². The average Bonchev–Trinajstić information content (AvgIpc) is 2.76. The van der Waals surface area contributed by atoms with Crippen molar-refractivity contribution in [3.63, 3.8) is 0 Å². The van der Waals surface area contributed by atoms with Gasteiger partial charge in [0.1, 0.15) is 5.75 Å². The molecule has 2 N–H and O–H groups in total. The minimum absolute atomic E-state index is 0.235. The van der Waals surface area contributed by atoms with E-state index in [2.05, 4.69) is 32.0 Å². The molecule has 1 aliphatic carbocycles. The second-order valence-electron chi connectivity index (χ2n) is 5.27. The molecule has 0 bridgehead atoms. The highest BCUT2D eigenvalue weighted by Gasteiger charge is 2.27. The van der Waals surface area contributed by atoms with Crippen LogP contribution < -0.4 is 10.5 Å². The average molecular weight is 233 g/mol. The third-order valence-corrected chi connectivity index (χ3v) is 3.62. The van der Waals surface area contributed by atoms with Crippen molar-refractivity contribution < 1.29 is 4.74 Å².